The van der Waals surface area contributed by atoms with Crippen molar-refractivity contribution in [3.05, 3.63) is 18.7 Å². The number of allylic oxidation sites excluding steroid dienone is 2. The van der Waals surface area contributed by atoms with Gasteiger partial charge in [0.25, 0.3) is 0 Å². The van der Waals surface area contributed by atoms with Crippen LogP contribution in [0.2, 0.25) is 0 Å². The molecule has 0 spiro atoms. The molecule has 2 atom stereocenters. The molecule has 0 heterocycles. The third-order valence-corrected chi connectivity index (χ3v) is 2.45. The second-order valence-corrected chi connectivity index (χ2v) is 3.40. The van der Waals surface area contributed by atoms with Gasteiger partial charge in [-0.1, -0.05) is 12.2 Å². The number of rotatable bonds is 5. The van der Waals surface area contributed by atoms with Gasteiger partial charge in [0.2, 0.25) is 0 Å². The smallest absolute Gasteiger partial charge is 0.0514 e. The lowest BCUT2D eigenvalue weighted by atomic mass is 10.2. The van der Waals surface area contributed by atoms with E-state index in [4.69, 9.17) is 0 Å². The Bertz CT molecular complexity index is 199. The molecule has 1 aliphatic rings. The number of hydrogen-bond donors (Lipinski definition) is 0. The fourth-order valence-electron chi connectivity index (χ4n) is 1.55. The molecule has 0 radical (unpaired) electrons. The van der Waals surface area contributed by atoms with Gasteiger partial charge in [-0.3, -0.25) is 0 Å². The van der Waals surface area contributed by atoms with Crippen LogP contribution in [0.1, 0.15) is 26.2 Å². The number of hydrogen-bond acceptors (Lipinski definition) is 1. The van der Waals surface area contributed by atoms with Gasteiger partial charge in [-0.25, -0.2) is 4.99 Å². The molecule has 2 unspecified atom stereocenters. The van der Waals surface area contributed by atoms with Crippen molar-refractivity contribution in [1.82, 2.24) is 0 Å². The standard InChI is InChI=1S/C11H17N/c1-3-5-6-7-10-8-11(10)9-12-4-2/h3,5,10-11H,2,6-9H2,1H3/b5-3-. The van der Waals surface area contributed by atoms with Crippen LogP contribution in [0.5, 0.6) is 0 Å². The molecule has 1 aliphatic carbocycles. The van der Waals surface area contributed by atoms with Gasteiger partial charge in [0.05, 0.1) is 6.54 Å². The van der Waals surface area contributed by atoms with E-state index in [9.17, 15) is 0 Å². The van der Waals surface area contributed by atoms with Crippen LogP contribution in [0.15, 0.2) is 23.7 Å². The van der Waals surface area contributed by atoms with E-state index in [0.29, 0.717) is 0 Å². The lowest BCUT2D eigenvalue weighted by molar-refractivity contribution is 0.659. The first-order valence-electron chi connectivity index (χ1n) is 4.68. The highest BCUT2D eigenvalue weighted by molar-refractivity contribution is 5.46. The molecule has 12 heavy (non-hydrogen) atoms. The van der Waals surface area contributed by atoms with Crippen molar-refractivity contribution < 1.29 is 0 Å². The van der Waals surface area contributed by atoms with Crippen LogP contribution < -0.4 is 0 Å². The van der Waals surface area contributed by atoms with Crippen LogP contribution in [0.4, 0.5) is 0 Å². The first-order valence-corrected chi connectivity index (χ1v) is 4.68. The summed E-state index contributed by atoms with van der Waals surface area (Å²) in [6.45, 7) is 6.48. The van der Waals surface area contributed by atoms with Crippen LogP contribution in [0.3, 0.4) is 0 Å². The van der Waals surface area contributed by atoms with Crippen molar-refractivity contribution in [2.24, 2.45) is 16.8 Å². The fraction of sp³-hybridized carbons (Fsp3) is 0.636. The summed E-state index contributed by atoms with van der Waals surface area (Å²) in [6.07, 6.45) is 8.30. The first kappa shape index (κ1) is 9.28. The maximum Gasteiger partial charge on any atom is 0.0514 e. The third kappa shape index (κ3) is 3.06. The molecular formula is C11H17N. The topological polar surface area (TPSA) is 12.4 Å². The van der Waals surface area contributed by atoms with Crippen LogP contribution in [0, 0.1) is 11.8 Å². The van der Waals surface area contributed by atoms with Gasteiger partial charge in [-0.15, -0.1) is 0 Å². The maximum atomic E-state index is 4.03. The summed E-state index contributed by atoms with van der Waals surface area (Å²) in [5.41, 5.74) is 0. The Kier molecular flexibility index (Phi) is 3.83. The minimum Gasteiger partial charge on any atom is -0.243 e. The highest BCUT2D eigenvalue weighted by atomic mass is 14.7. The highest BCUT2D eigenvalue weighted by Gasteiger charge is 2.35. The zero-order valence-electron chi connectivity index (χ0n) is 7.79. The van der Waals surface area contributed by atoms with Crippen molar-refractivity contribution in [3.8, 4) is 0 Å². The molecule has 0 amide bonds. The average molecular weight is 163 g/mol. The SMILES string of the molecule is C=C=NCC1CC1CC/C=C\C. The molecule has 0 aromatic rings. The molecule has 0 aromatic heterocycles. The van der Waals surface area contributed by atoms with Crippen LogP contribution in [0.25, 0.3) is 0 Å². The van der Waals surface area contributed by atoms with Gasteiger partial charge in [0.1, 0.15) is 0 Å². The number of aliphatic imine (C=N–C) groups is 1. The monoisotopic (exact) mass is 163 g/mol. The summed E-state index contributed by atoms with van der Waals surface area (Å²) < 4.78 is 0. The van der Waals surface area contributed by atoms with E-state index in [-0.39, 0.29) is 0 Å². The molecule has 0 saturated heterocycles. The maximum absolute atomic E-state index is 4.03. The van der Waals surface area contributed by atoms with Gasteiger partial charge in [0, 0.05) is 0 Å². The van der Waals surface area contributed by atoms with Gasteiger partial charge < -0.3 is 0 Å². The average Bonchev–Trinajstić information content (AvgIpc) is 2.81. The van der Waals surface area contributed by atoms with E-state index in [2.05, 4.69) is 36.5 Å². The Hall–Kier alpha value is -0.810. The van der Waals surface area contributed by atoms with E-state index >= 15 is 0 Å². The quantitative estimate of drug-likeness (QED) is 0.436. The van der Waals surface area contributed by atoms with E-state index in [1.807, 2.05) is 0 Å². The fourth-order valence-corrected chi connectivity index (χ4v) is 1.55. The third-order valence-electron chi connectivity index (χ3n) is 2.45. The Balaban J connectivity index is 2.04. The second kappa shape index (κ2) is 4.95. The van der Waals surface area contributed by atoms with E-state index in [1.165, 1.54) is 19.3 Å². The van der Waals surface area contributed by atoms with Gasteiger partial charge >= 0.3 is 0 Å². The minimum absolute atomic E-state index is 0.838. The molecule has 0 aliphatic heterocycles. The Labute approximate surface area is 74.9 Å². The molecule has 0 aromatic carbocycles. The predicted octanol–water partition coefficient (Wildman–Crippen LogP) is 2.83. The van der Waals surface area contributed by atoms with Crippen molar-refractivity contribution in [3.63, 3.8) is 0 Å². The van der Waals surface area contributed by atoms with Gasteiger partial charge in [-0.2, -0.15) is 0 Å². The van der Waals surface area contributed by atoms with E-state index in [0.717, 1.165) is 18.4 Å². The lowest BCUT2D eigenvalue weighted by Crippen LogP contribution is -1.86. The zero-order valence-corrected chi connectivity index (χ0v) is 7.79. The molecule has 0 bridgehead atoms. The van der Waals surface area contributed by atoms with E-state index in [1.54, 1.807) is 0 Å². The molecule has 1 saturated carbocycles. The van der Waals surface area contributed by atoms with Crippen LogP contribution >= 0.6 is 0 Å². The predicted molar refractivity (Wildman–Crippen MR) is 53.6 cm³/mol. The van der Waals surface area contributed by atoms with Gasteiger partial charge in [-0.05, 0) is 50.5 Å². The lowest BCUT2D eigenvalue weighted by Gasteiger charge is -1.92. The summed E-state index contributed by atoms with van der Waals surface area (Å²) >= 11 is 0. The summed E-state index contributed by atoms with van der Waals surface area (Å²) in [4.78, 5) is 4.03. The molecule has 66 valence electrons. The Morgan fingerprint density at radius 2 is 2.42 bits per heavy atom. The van der Waals surface area contributed by atoms with Crippen LogP contribution in [-0.2, 0) is 0 Å². The zero-order chi connectivity index (χ0) is 8.81. The van der Waals surface area contributed by atoms with Crippen molar-refractivity contribution >= 4 is 5.87 Å². The molecule has 1 rings (SSSR count). The van der Waals surface area contributed by atoms with Gasteiger partial charge in [0.15, 0.2) is 0 Å². The number of nitrogens with zero attached hydrogens (tertiary/aromatic N) is 1. The van der Waals surface area contributed by atoms with E-state index < -0.39 is 0 Å². The second-order valence-electron chi connectivity index (χ2n) is 3.40. The normalized spacial score (nSPS) is 27.1. The Morgan fingerprint density at radius 3 is 3.08 bits per heavy atom. The molecule has 1 fully saturated rings. The molecule has 1 heteroatoms. The first-order chi connectivity index (χ1) is 5.88. The summed E-state index contributed by atoms with van der Waals surface area (Å²) in [5, 5.41) is 0. The Morgan fingerprint density at radius 1 is 1.58 bits per heavy atom. The molecule has 1 nitrogen and oxygen atoms in total. The summed E-state index contributed by atoms with van der Waals surface area (Å²) in [7, 11) is 0. The van der Waals surface area contributed by atoms with Crippen molar-refractivity contribution in [2.75, 3.05) is 6.54 Å². The van der Waals surface area contributed by atoms with Crippen molar-refractivity contribution in [2.45, 2.75) is 26.2 Å². The molecule has 0 N–H and O–H groups in total. The summed E-state index contributed by atoms with van der Waals surface area (Å²) in [5.74, 6) is 4.35. The summed E-state index contributed by atoms with van der Waals surface area (Å²) in [6, 6.07) is 0. The minimum atomic E-state index is 0.838. The largest absolute Gasteiger partial charge is 0.243 e. The van der Waals surface area contributed by atoms with Crippen LogP contribution in [-0.4, -0.2) is 12.4 Å². The van der Waals surface area contributed by atoms with Crippen molar-refractivity contribution in [1.29, 1.82) is 0 Å². The molecular weight excluding hydrogens is 146 g/mol. The highest BCUT2D eigenvalue weighted by Crippen LogP contribution is 2.42.